The van der Waals surface area contributed by atoms with E-state index in [0.29, 0.717) is 13.2 Å². The number of aromatic nitrogens is 2. The molecule has 0 saturated heterocycles. The Hall–Kier alpha value is -2.81. The number of halogens is 1. The Balaban J connectivity index is 0.00000320. The summed E-state index contributed by atoms with van der Waals surface area (Å²) in [5.41, 5.74) is 3.23. The number of guanidine groups is 1. The van der Waals surface area contributed by atoms with E-state index in [4.69, 9.17) is 4.74 Å². The third-order valence-electron chi connectivity index (χ3n) is 4.49. The smallest absolute Gasteiger partial charge is 0.191 e. The van der Waals surface area contributed by atoms with Crippen molar-refractivity contribution in [3.8, 4) is 11.4 Å². The Bertz CT molecular complexity index is 956. The molecular formula is C23H28IN5O. The van der Waals surface area contributed by atoms with E-state index in [-0.39, 0.29) is 30.0 Å². The molecule has 0 aliphatic carbocycles. The SMILES string of the molecule is C=CCOc1ccccc1CNC(=NC)NC(C)c1cccc(-n2cccn2)c1.I. The van der Waals surface area contributed by atoms with Crippen LogP contribution in [-0.2, 0) is 6.54 Å². The van der Waals surface area contributed by atoms with Crippen molar-refractivity contribution in [2.24, 2.45) is 4.99 Å². The van der Waals surface area contributed by atoms with E-state index in [9.17, 15) is 0 Å². The standard InChI is InChI=1S/C23H27N5O.HI/c1-4-15-29-22-12-6-5-9-20(22)17-25-23(24-3)27-18(2)19-10-7-11-21(16-19)28-14-8-13-26-28;/h4-14,16,18H,1,15,17H2,2-3H3,(H2,24,25,27);1H. The van der Waals surface area contributed by atoms with E-state index < -0.39 is 0 Å². The van der Waals surface area contributed by atoms with Crippen LogP contribution in [0.25, 0.3) is 5.69 Å². The van der Waals surface area contributed by atoms with Crippen LogP contribution in [0.4, 0.5) is 0 Å². The van der Waals surface area contributed by atoms with Crippen molar-refractivity contribution in [3.05, 3.63) is 90.8 Å². The third-order valence-corrected chi connectivity index (χ3v) is 4.49. The van der Waals surface area contributed by atoms with E-state index >= 15 is 0 Å². The minimum atomic E-state index is 0. The average Bonchev–Trinajstić information content (AvgIpc) is 3.30. The largest absolute Gasteiger partial charge is 0.489 e. The van der Waals surface area contributed by atoms with Gasteiger partial charge in [-0.25, -0.2) is 4.68 Å². The highest BCUT2D eigenvalue weighted by Crippen LogP contribution is 2.18. The molecule has 0 aliphatic rings. The number of hydrogen-bond donors (Lipinski definition) is 2. The highest BCUT2D eigenvalue weighted by atomic mass is 127. The maximum atomic E-state index is 5.72. The predicted octanol–water partition coefficient (Wildman–Crippen LogP) is 4.48. The predicted molar refractivity (Wildman–Crippen MR) is 133 cm³/mol. The van der Waals surface area contributed by atoms with Crippen LogP contribution in [-0.4, -0.2) is 29.4 Å². The fourth-order valence-electron chi connectivity index (χ4n) is 2.96. The molecule has 2 N–H and O–H groups in total. The topological polar surface area (TPSA) is 63.5 Å². The van der Waals surface area contributed by atoms with Crippen LogP contribution in [0.2, 0.25) is 0 Å². The van der Waals surface area contributed by atoms with Crippen LogP contribution in [0.1, 0.15) is 24.1 Å². The highest BCUT2D eigenvalue weighted by Gasteiger charge is 2.10. The summed E-state index contributed by atoms with van der Waals surface area (Å²) in [5.74, 6) is 1.57. The van der Waals surface area contributed by atoms with Crippen molar-refractivity contribution >= 4 is 29.9 Å². The Kier molecular flexibility index (Phi) is 9.40. The summed E-state index contributed by atoms with van der Waals surface area (Å²) in [6.45, 7) is 6.89. The van der Waals surface area contributed by atoms with Gasteiger partial charge in [-0.05, 0) is 36.8 Å². The molecule has 1 unspecified atom stereocenters. The molecule has 1 heterocycles. The summed E-state index contributed by atoms with van der Waals surface area (Å²) in [5, 5.41) is 11.1. The summed E-state index contributed by atoms with van der Waals surface area (Å²) >= 11 is 0. The zero-order chi connectivity index (χ0) is 20.5. The van der Waals surface area contributed by atoms with Gasteiger partial charge in [0.1, 0.15) is 12.4 Å². The molecule has 7 heteroatoms. The molecule has 30 heavy (non-hydrogen) atoms. The van der Waals surface area contributed by atoms with E-state index in [1.54, 1.807) is 19.3 Å². The van der Waals surface area contributed by atoms with E-state index in [1.807, 2.05) is 53.3 Å². The van der Waals surface area contributed by atoms with Crippen molar-refractivity contribution in [1.29, 1.82) is 0 Å². The quantitative estimate of drug-likeness (QED) is 0.200. The van der Waals surface area contributed by atoms with E-state index in [1.165, 1.54) is 0 Å². The van der Waals surface area contributed by atoms with Gasteiger partial charge < -0.3 is 15.4 Å². The summed E-state index contributed by atoms with van der Waals surface area (Å²) < 4.78 is 7.58. The molecule has 1 atom stereocenters. The molecule has 158 valence electrons. The van der Waals surface area contributed by atoms with Gasteiger partial charge >= 0.3 is 0 Å². The molecule has 3 aromatic rings. The lowest BCUT2D eigenvalue weighted by Crippen LogP contribution is -2.38. The first-order valence-electron chi connectivity index (χ1n) is 9.60. The van der Waals surface area contributed by atoms with Gasteiger partial charge in [0.2, 0.25) is 0 Å². The minimum Gasteiger partial charge on any atom is -0.489 e. The molecule has 0 saturated carbocycles. The van der Waals surface area contributed by atoms with Gasteiger partial charge in [-0.15, -0.1) is 24.0 Å². The van der Waals surface area contributed by atoms with Crippen molar-refractivity contribution in [3.63, 3.8) is 0 Å². The van der Waals surface area contributed by atoms with Gasteiger partial charge in [0.25, 0.3) is 0 Å². The molecule has 2 aromatic carbocycles. The van der Waals surface area contributed by atoms with Gasteiger partial charge in [-0.1, -0.05) is 43.0 Å². The van der Waals surface area contributed by atoms with Crippen LogP contribution in [0, 0.1) is 0 Å². The molecule has 0 bridgehead atoms. The van der Waals surface area contributed by atoms with Gasteiger partial charge in [-0.2, -0.15) is 5.10 Å². The molecule has 3 rings (SSSR count). The normalized spacial score (nSPS) is 11.9. The number of nitrogens with one attached hydrogen (secondary N) is 2. The molecule has 0 spiro atoms. The van der Waals surface area contributed by atoms with Gasteiger partial charge in [0.05, 0.1) is 11.7 Å². The number of hydrogen-bond acceptors (Lipinski definition) is 3. The zero-order valence-electron chi connectivity index (χ0n) is 17.3. The highest BCUT2D eigenvalue weighted by molar-refractivity contribution is 14.0. The molecule has 0 fully saturated rings. The molecule has 0 aliphatic heterocycles. The van der Waals surface area contributed by atoms with Crippen LogP contribution in [0.5, 0.6) is 5.75 Å². The lowest BCUT2D eigenvalue weighted by Gasteiger charge is -2.19. The number of rotatable bonds is 8. The van der Waals surface area contributed by atoms with Crippen molar-refractivity contribution in [2.75, 3.05) is 13.7 Å². The lowest BCUT2D eigenvalue weighted by molar-refractivity contribution is 0.358. The first-order chi connectivity index (χ1) is 14.2. The molecule has 0 radical (unpaired) electrons. The number of benzene rings is 2. The summed E-state index contributed by atoms with van der Waals surface area (Å²) in [4.78, 5) is 4.35. The Morgan fingerprint density at radius 3 is 2.80 bits per heavy atom. The Labute approximate surface area is 195 Å². The van der Waals surface area contributed by atoms with Crippen molar-refractivity contribution in [1.82, 2.24) is 20.4 Å². The second-order valence-electron chi connectivity index (χ2n) is 6.54. The second-order valence-corrected chi connectivity index (χ2v) is 6.54. The molecule has 0 amide bonds. The summed E-state index contributed by atoms with van der Waals surface area (Å²) in [6.07, 6.45) is 5.45. The fourth-order valence-corrected chi connectivity index (χ4v) is 2.96. The Morgan fingerprint density at radius 1 is 1.23 bits per heavy atom. The lowest BCUT2D eigenvalue weighted by atomic mass is 10.1. The van der Waals surface area contributed by atoms with Gasteiger partial charge in [0.15, 0.2) is 5.96 Å². The van der Waals surface area contributed by atoms with Gasteiger partial charge in [0, 0.05) is 31.5 Å². The number of para-hydroxylation sites is 1. The second kappa shape index (κ2) is 12.0. The third kappa shape index (κ3) is 6.35. The van der Waals surface area contributed by atoms with Crippen LogP contribution in [0.3, 0.4) is 0 Å². The minimum absolute atomic E-state index is 0. The molecule has 6 nitrogen and oxygen atoms in total. The van der Waals surface area contributed by atoms with Crippen LogP contribution >= 0.6 is 24.0 Å². The maximum absolute atomic E-state index is 5.72. The van der Waals surface area contributed by atoms with Crippen LogP contribution in [0.15, 0.2) is 84.6 Å². The zero-order valence-corrected chi connectivity index (χ0v) is 19.6. The number of ether oxygens (including phenoxy) is 1. The first kappa shape index (κ1) is 23.5. The number of nitrogens with zero attached hydrogens (tertiary/aromatic N) is 3. The summed E-state index contributed by atoms with van der Waals surface area (Å²) in [7, 11) is 1.77. The van der Waals surface area contributed by atoms with Crippen molar-refractivity contribution < 1.29 is 4.74 Å². The first-order valence-corrected chi connectivity index (χ1v) is 9.60. The Morgan fingerprint density at radius 2 is 2.07 bits per heavy atom. The molecular weight excluding hydrogens is 489 g/mol. The van der Waals surface area contributed by atoms with Crippen LogP contribution < -0.4 is 15.4 Å². The van der Waals surface area contributed by atoms with Gasteiger partial charge in [-0.3, -0.25) is 4.99 Å². The average molecular weight is 517 g/mol. The summed E-state index contributed by atoms with van der Waals surface area (Å²) in [6, 6.07) is 18.2. The number of aliphatic imine (C=N–C) groups is 1. The molecule has 1 aromatic heterocycles. The monoisotopic (exact) mass is 517 g/mol. The van der Waals surface area contributed by atoms with E-state index in [0.717, 1.165) is 28.5 Å². The fraction of sp³-hybridized carbons (Fsp3) is 0.217. The maximum Gasteiger partial charge on any atom is 0.191 e. The van der Waals surface area contributed by atoms with Crippen molar-refractivity contribution in [2.45, 2.75) is 19.5 Å². The van der Waals surface area contributed by atoms with E-state index in [2.05, 4.69) is 46.4 Å².